The lowest BCUT2D eigenvalue weighted by Crippen LogP contribution is -2.30. The smallest absolute Gasteiger partial charge is 0.258 e. The number of anilines is 3. The lowest BCUT2D eigenvalue weighted by molar-refractivity contribution is 0.0988. The van der Waals surface area contributed by atoms with Crippen LogP contribution in [-0.4, -0.2) is 23.5 Å². The average Bonchev–Trinajstić information content (AvgIpc) is 2.71. The van der Waals surface area contributed by atoms with Gasteiger partial charge in [-0.3, -0.25) is 4.79 Å². The monoisotopic (exact) mass is 375 g/mol. The molecule has 3 rings (SSSR count). The van der Waals surface area contributed by atoms with Crippen molar-refractivity contribution in [1.29, 1.82) is 0 Å². The van der Waals surface area contributed by atoms with Gasteiger partial charge in [-0.15, -0.1) is 0 Å². The molecule has 3 aromatic rings. The Labute approximate surface area is 166 Å². The molecule has 0 aliphatic carbocycles. The summed E-state index contributed by atoms with van der Waals surface area (Å²) in [5.74, 6) is 1.27. The fraction of sp³-hybridized carbons (Fsp3) is 0.217. The highest BCUT2D eigenvalue weighted by Crippen LogP contribution is 2.28. The number of para-hydroxylation sites is 3. The van der Waals surface area contributed by atoms with Crippen LogP contribution in [0.15, 0.2) is 72.9 Å². The van der Waals surface area contributed by atoms with E-state index in [2.05, 4.69) is 10.3 Å². The standard InChI is InChI=1S/C23H25N3O2/c1-4-26(19-10-6-5-7-11-19)23(27)18-14-15-24-22(16-18)25-20-12-8-9-13-21(20)28-17(2)3/h5-17H,4H2,1-3H3,(H,24,25). The van der Waals surface area contributed by atoms with E-state index in [4.69, 9.17) is 4.74 Å². The summed E-state index contributed by atoms with van der Waals surface area (Å²) in [6.07, 6.45) is 1.70. The quantitative estimate of drug-likeness (QED) is 0.610. The Balaban J connectivity index is 1.84. The third-order valence-electron chi connectivity index (χ3n) is 4.15. The first-order valence-corrected chi connectivity index (χ1v) is 9.44. The Morgan fingerprint density at radius 2 is 1.79 bits per heavy atom. The maximum atomic E-state index is 13.0. The van der Waals surface area contributed by atoms with Gasteiger partial charge in [0.15, 0.2) is 0 Å². The van der Waals surface area contributed by atoms with Crippen molar-refractivity contribution in [3.63, 3.8) is 0 Å². The topological polar surface area (TPSA) is 54.5 Å². The molecular formula is C23H25N3O2. The van der Waals surface area contributed by atoms with Crippen LogP contribution < -0.4 is 15.0 Å². The molecule has 0 radical (unpaired) electrons. The van der Waals surface area contributed by atoms with Crippen LogP contribution in [0.2, 0.25) is 0 Å². The number of amides is 1. The number of nitrogens with one attached hydrogen (secondary N) is 1. The van der Waals surface area contributed by atoms with Gasteiger partial charge in [0.25, 0.3) is 5.91 Å². The molecule has 0 atom stereocenters. The van der Waals surface area contributed by atoms with Crippen molar-refractivity contribution >= 4 is 23.1 Å². The van der Waals surface area contributed by atoms with E-state index in [9.17, 15) is 4.79 Å². The Morgan fingerprint density at radius 1 is 1.07 bits per heavy atom. The second kappa shape index (κ2) is 9.04. The zero-order valence-corrected chi connectivity index (χ0v) is 16.4. The summed E-state index contributed by atoms with van der Waals surface area (Å²) in [6.45, 7) is 6.51. The van der Waals surface area contributed by atoms with Crippen molar-refractivity contribution in [3.8, 4) is 5.75 Å². The summed E-state index contributed by atoms with van der Waals surface area (Å²) in [7, 11) is 0. The number of rotatable bonds is 7. The highest BCUT2D eigenvalue weighted by Gasteiger charge is 2.17. The maximum absolute atomic E-state index is 13.0. The minimum Gasteiger partial charge on any atom is -0.489 e. The third-order valence-corrected chi connectivity index (χ3v) is 4.15. The summed E-state index contributed by atoms with van der Waals surface area (Å²) in [5, 5.41) is 3.26. The van der Waals surface area contributed by atoms with Crippen molar-refractivity contribution in [1.82, 2.24) is 4.98 Å². The van der Waals surface area contributed by atoms with Gasteiger partial charge in [-0.1, -0.05) is 30.3 Å². The first-order valence-electron chi connectivity index (χ1n) is 9.44. The van der Waals surface area contributed by atoms with E-state index in [1.807, 2.05) is 75.4 Å². The summed E-state index contributed by atoms with van der Waals surface area (Å²) in [5.41, 5.74) is 2.26. The van der Waals surface area contributed by atoms with Gasteiger partial charge in [-0.25, -0.2) is 4.98 Å². The molecule has 1 amide bonds. The van der Waals surface area contributed by atoms with Crippen molar-refractivity contribution in [2.75, 3.05) is 16.8 Å². The predicted molar refractivity (Wildman–Crippen MR) is 114 cm³/mol. The molecule has 28 heavy (non-hydrogen) atoms. The molecule has 2 aromatic carbocycles. The molecule has 0 aliphatic rings. The Bertz CT molecular complexity index is 926. The van der Waals surface area contributed by atoms with Gasteiger partial charge < -0.3 is 15.0 Å². The van der Waals surface area contributed by atoms with E-state index in [1.165, 1.54) is 0 Å². The molecule has 5 heteroatoms. The van der Waals surface area contributed by atoms with Gasteiger partial charge in [0.2, 0.25) is 0 Å². The molecule has 1 aromatic heterocycles. The number of ether oxygens (including phenoxy) is 1. The first kappa shape index (κ1) is 19.4. The second-order valence-corrected chi connectivity index (χ2v) is 6.60. The molecule has 1 heterocycles. The van der Waals surface area contributed by atoms with E-state index in [0.29, 0.717) is 17.9 Å². The van der Waals surface area contributed by atoms with Crippen LogP contribution in [-0.2, 0) is 0 Å². The number of carbonyl (C=O) groups excluding carboxylic acids is 1. The molecule has 0 unspecified atom stereocenters. The minimum atomic E-state index is -0.0640. The lowest BCUT2D eigenvalue weighted by Gasteiger charge is -2.21. The number of nitrogens with zero attached hydrogens (tertiary/aromatic N) is 2. The van der Waals surface area contributed by atoms with Gasteiger partial charge in [0, 0.05) is 24.0 Å². The van der Waals surface area contributed by atoms with Crippen molar-refractivity contribution in [3.05, 3.63) is 78.5 Å². The minimum absolute atomic E-state index is 0.0628. The molecule has 0 bridgehead atoms. The van der Waals surface area contributed by atoms with Crippen LogP contribution >= 0.6 is 0 Å². The highest BCUT2D eigenvalue weighted by molar-refractivity contribution is 6.06. The number of benzene rings is 2. The van der Waals surface area contributed by atoms with Gasteiger partial charge in [-0.2, -0.15) is 0 Å². The molecule has 144 valence electrons. The highest BCUT2D eigenvalue weighted by atomic mass is 16.5. The van der Waals surface area contributed by atoms with Crippen LogP contribution in [0.1, 0.15) is 31.1 Å². The average molecular weight is 375 g/mol. The van der Waals surface area contributed by atoms with Crippen molar-refractivity contribution in [2.24, 2.45) is 0 Å². The zero-order chi connectivity index (χ0) is 19.9. The largest absolute Gasteiger partial charge is 0.489 e. The Kier molecular flexibility index (Phi) is 6.27. The van der Waals surface area contributed by atoms with Crippen LogP contribution in [0.25, 0.3) is 0 Å². The molecule has 5 nitrogen and oxygen atoms in total. The van der Waals surface area contributed by atoms with Gasteiger partial charge >= 0.3 is 0 Å². The number of hydrogen-bond acceptors (Lipinski definition) is 4. The zero-order valence-electron chi connectivity index (χ0n) is 16.4. The van der Waals surface area contributed by atoms with Crippen molar-refractivity contribution in [2.45, 2.75) is 26.9 Å². The molecule has 1 N–H and O–H groups in total. The fourth-order valence-electron chi connectivity index (χ4n) is 2.90. The van der Waals surface area contributed by atoms with E-state index >= 15 is 0 Å². The van der Waals surface area contributed by atoms with Crippen LogP contribution in [0, 0.1) is 0 Å². The molecular weight excluding hydrogens is 350 g/mol. The predicted octanol–water partition coefficient (Wildman–Crippen LogP) is 5.28. The summed E-state index contributed by atoms with van der Waals surface area (Å²) < 4.78 is 5.84. The van der Waals surface area contributed by atoms with E-state index in [1.54, 1.807) is 23.2 Å². The van der Waals surface area contributed by atoms with Gasteiger partial charge in [0.05, 0.1) is 11.8 Å². The van der Waals surface area contributed by atoms with E-state index in [0.717, 1.165) is 17.1 Å². The Hall–Kier alpha value is -3.34. The summed E-state index contributed by atoms with van der Waals surface area (Å²) in [6, 6.07) is 20.8. The second-order valence-electron chi connectivity index (χ2n) is 6.60. The number of carbonyl (C=O) groups is 1. The van der Waals surface area contributed by atoms with E-state index in [-0.39, 0.29) is 12.0 Å². The third kappa shape index (κ3) is 4.68. The molecule has 0 aliphatic heterocycles. The van der Waals surface area contributed by atoms with E-state index < -0.39 is 0 Å². The van der Waals surface area contributed by atoms with Crippen LogP contribution in [0.3, 0.4) is 0 Å². The molecule has 0 spiro atoms. The molecule has 0 saturated carbocycles. The number of pyridine rings is 1. The Morgan fingerprint density at radius 3 is 2.50 bits per heavy atom. The van der Waals surface area contributed by atoms with Crippen molar-refractivity contribution < 1.29 is 9.53 Å². The first-order chi connectivity index (χ1) is 13.6. The van der Waals surface area contributed by atoms with Gasteiger partial charge in [0.1, 0.15) is 11.6 Å². The molecule has 0 fully saturated rings. The normalized spacial score (nSPS) is 10.6. The maximum Gasteiger partial charge on any atom is 0.258 e. The van der Waals surface area contributed by atoms with Gasteiger partial charge in [-0.05, 0) is 57.2 Å². The fourth-order valence-corrected chi connectivity index (χ4v) is 2.90. The van der Waals surface area contributed by atoms with Crippen LogP contribution in [0.4, 0.5) is 17.2 Å². The van der Waals surface area contributed by atoms with Crippen LogP contribution in [0.5, 0.6) is 5.75 Å². The summed E-state index contributed by atoms with van der Waals surface area (Å²) in [4.78, 5) is 19.1. The summed E-state index contributed by atoms with van der Waals surface area (Å²) >= 11 is 0. The SMILES string of the molecule is CCN(C(=O)c1ccnc(Nc2ccccc2OC(C)C)c1)c1ccccc1. The number of aromatic nitrogens is 1. The molecule has 0 saturated heterocycles. The number of hydrogen-bond donors (Lipinski definition) is 1. The lowest BCUT2D eigenvalue weighted by atomic mass is 10.2.